The van der Waals surface area contributed by atoms with Crippen LogP contribution in [-0.2, 0) is 0 Å². The molecule has 94 valence electrons. The van der Waals surface area contributed by atoms with Crippen molar-refractivity contribution in [1.29, 1.82) is 0 Å². The van der Waals surface area contributed by atoms with E-state index < -0.39 is 0 Å². The van der Waals surface area contributed by atoms with Crippen LogP contribution in [-0.4, -0.2) is 4.98 Å². The molecule has 0 saturated heterocycles. The zero-order valence-corrected chi connectivity index (χ0v) is 13.6. The third-order valence-electron chi connectivity index (χ3n) is 2.98. The van der Waals surface area contributed by atoms with Crippen LogP contribution in [0.1, 0.15) is 34.5 Å². The normalized spacial score (nSPS) is 14.2. The summed E-state index contributed by atoms with van der Waals surface area (Å²) in [4.78, 5) is 4.70. The third kappa shape index (κ3) is 3.21. The van der Waals surface area contributed by atoms with Crippen molar-refractivity contribution in [1.82, 2.24) is 4.98 Å². The maximum atomic E-state index is 4.43. The van der Waals surface area contributed by atoms with Gasteiger partial charge in [-0.15, -0.1) is 0 Å². The molecule has 0 saturated carbocycles. The first-order valence-corrected chi connectivity index (χ1v) is 7.61. The Morgan fingerprint density at radius 3 is 2.56 bits per heavy atom. The summed E-state index contributed by atoms with van der Waals surface area (Å²) in [5.41, 5.74) is 3.65. The molecule has 0 bridgehead atoms. The molecule has 0 amide bonds. The van der Waals surface area contributed by atoms with Crippen molar-refractivity contribution >= 4 is 31.9 Å². The van der Waals surface area contributed by atoms with Crippen molar-refractivity contribution in [2.45, 2.75) is 24.6 Å². The van der Waals surface area contributed by atoms with E-state index in [-0.39, 0.29) is 4.83 Å². The molecule has 1 nitrogen and oxygen atoms in total. The molecule has 2 unspecified atom stereocenters. The molecule has 18 heavy (non-hydrogen) atoms. The fraction of sp³-hybridized carbons (Fsp3) is 0.267. The average Bonchev–Trinajstić information content (AvgIpc) is 2.37. The second-order valence-electron chi connectivity index (χ2n) is 4.51. The maximum absolute atomic E-state index is 4.43. The molecule has 2 rings (SSSR count). The van der Waals surface area contributed by atoms with Gasteiger partial charge < -0.3 is 0 Å². The highest BCUT2D eigenvalue weighted by Gasteiger charge is 2.19. The lowest BCUT2D eigenvalue weighted by atomic mass is 9.96. The highest BCUT2D eigenvalue weighted by Crippen LogP contribution is 2.38. The van der Waals surface area contributed by atoms with Gasteiger partial charge in [0.05, 0.1) is 0 Å². The Bertz CT molecular complexity index is 505. The summed E-state index contributed by atoms with van der Waals surface area (Å²) in [5, 5.41) is 0. The highest BCUT2D eigenvalue weighted by molar-refractivity contribution is 9.10. The van der Waals surface area contributed by atoms with Gasteiger partial charge in [0, 0.05) is 27.1 Å². The topological polar surface area (TPSA) is 12.9 Å². The van der Waals surface area contributed by atoms with E-state index >= 15 is 0 Å². The summed E-state index contributed by atoms with van der Waals surface area (Å²) in [5.74, 6) is 0.333. The van der Waals surface area contributed by atoms with E-state index in [1.54, 1.807) is 0 Å². The van der Waals surface area contributed by atoms with Gasteiger partial charge >= 0.3 is 0 Å². The molecular weight excluding hydrogens is 354 g/mol. The van der Waals surface area contributed by atoms with Crippen LogP contribution in [0.25, 0.3) is 0 Å². The SMILES string of the molecule is Cc1cc(Br)cc(C(Br)C(C)c2ccccn2)c1. The number of nitrogens with zero attached hydrogens (tertiary/aromatic N) is 1. The lowest BCUT2D eigenvalue weighted by Crippen LogP contribution is -2.04. The fourth-order valence-corrected chi connectivity index (χ4v) is 3.17. The number of hydrogen-bond donors (Lipinski definition) is 0. The van der Waals surface area contributed by atoms with E-state index in [1.807, 2.05) is 18.3 Å². The van der Waals surface area contributed by atoms with E-state index in [0.29, 0.717) is 5.92 Å². The third-order valence-corrected chi connectivity index (χ3v) is 4.76. The number of benzene rings is 1. The van der Waals surface area contributed by atoms with Crippen LogP contribution in [0.3, 0.4) is 0 Å². The number of rotatable bonds is 3. The molecule has 0 N–H and O–H groups in total. The van der Waals surface area contributed by atoms with E-state index in [1.165, 1.54) is 11.1 Å². The van der Waals surface area contributed by atoms with Crippen molar-refractivity contribution in [2.75, 3.05) is 0 Å². The van der Waals surface area contributed by atoms with Gasteiger partial charge in [-0.05, 0) is 42.3 Å². The Balaban J connectivity index is 2.28. The fourth-order valence-electron chi connectivity index (χ4n) is 2.01. The largest absolute Gasteiger partial charge is 0.261 e. The lowest BCUT2D eigenvalue weighted by Gasteiger charge is -2.19. The molecule has 0 aliphatic heterocycles. The van der Waals surface area contributed by atoms with Gasteiger partial charge in [0.25, 0.3) is 0 Å². The molecule has 2 atom stereocenters. The molecule has 0 radical (unpaired) electrons. The van der Waals surface area contributed by atoms with Gasteiger partial charge in [0.15, 0.2) is 0 Å². The summed E-state index contributed by atoms with van der Waals surface area (Å²) in [6, 6.07) is 12.5. The van der Waals surface area contributed by atoms with Gasteiger partial charge in [0.1, 0.15) is 0 Å². The first-order chi connectivity index (χ1) is 8.58. The van der Waals surface area contributed by atoms with Crippen molar-refractivity contribution < 1.29 is 0 Å². The van der Waals surface area contributed by atoms with Crippen molar-refractivity contribution in [3.05, 3.63) is 63.9 Å². The van der Waals surface area contributed by atoms with E-state index in [4.69, 9.17) is 0 Å². The second kappa shape index (κ2) is 5.98. The minimum absolute atomic E-state index is 0.267. The number of halogens is 2. The van der Waals surface area contributed by atoms with Gasteiger partial charge in [-0.25, -0.2) is 0 Å². The first-order valence-electron chi connectivity index (χ1n) is 5.90. The monoisotopic (exact) mass is 367 g/mol. The van der Waals surface area contributed by atoms with Crippen LogP contribution in [0.4, 0.5) is 0 Å². The Morgan fingerprint density at radius 2 is 1.94 bits per heavy atom. The average molecular weight is 369 g/mol. The highest BCUT2D eigenvalue weighted by atomic mass is 79.9. The number of aryl methyl sites for hydroxylation is 1. The Hall–Kier alpha value is -0.670. The number of aromatic nitrogens is 1. The quantitative estimate of drug-likeness (QED) is 0.661. The standard InChI is InChI=1S/C15H15Br2N/c1-10-7-12(9-13(16)8-10)15(17)11(2)14-5-3-4-6-18-14/h3-9,11,15H,1-2H3. The van der Waals surface area contributed by atoms with Crippen molar-refractivity contribution in [3.63, 3.8) is 0 Å². The number of alkyl halides is 1. The Labute approximate surface area is 125 Å². The van der Waals surface area contributed by atoms with E-state index in [2.05, 4.69) is 75.0 Å². The minimum atomic E-state index is 0.267. The van der Waals surface area contributed by atoms with Gasteiger partial charge in [-0.2, -0.15) is 0 Å². The zero-order chi connectivity index (χ0) is 13.1. The van der Waals surface area contributed by atoms with Gasteiger partial charge in [-0.1, -0.05) is 50.9 Å². The predicted molar refractivity (Wildman–Crippen MR) is 83.2 cm³/mol. The molecule has 2 aromatic rings. The molecule has 0 aliphatic rings. The number of hydrogen-bond acceptors (Lipinski definition) is 1. The van der Waals surface area contributed by atoms with Crippen molar-refractivity contribution in [2.24, 2.45) is 0 Å². The van der Waals surface area contributed by atoms with Crippen LogP contribution in [0, 0.1) is 6.92 Å². The summed E-state index contributed by atoms with van der Waals surface area (Å²) >= 11 is 7.35. The lowest BCUT2D eigenvalue weighted by molar-refractivity contribution is 0.723. The maximum Gasteiger partial charge on any atom is 0.0476 e. The summed E-state index contributed by atoms with van der Waals surface area (Å²) < 4.78 is 1.12. The predicted octanol–water partition coefficient (Wildman–Crippen LogP) is 5.39. The molecule has 3 heteroatoms. The van der Waals surface area contributed by atoms with Crippen LogP contribution in [0.15, 0.2) is 47.1 Å². The zero-order valence-electron chi connectivity index (χ0n) is 10.4. The molecule has 1 heterocycles. The molecule has 0 fully saturated rings. The summed E-state index contributed by atoms with van der Waals surface area (Å²) in [6.45, 7) is 4.30. The van der Waals surface area contributed by atoms with Crippen molar-refractivity contribution in [3.8, 4) is 0 Å². The Morgan fingerprint density at radius 1 is 1.17 bits per heavy atom. The molecule has 1 aromatic carbocycles. The summed E-state index contributed by atoms with van der Waals surface area (Å²) in [6.07, 6.45) is 1.84. The molecule has 0 aliphatic carbocycles. The first kappa shape index (κ1) is 13.8. The minimum Gasteiger partial charge on any atom is -0.261 e. The van der Waals surface area contributed by atoms with Crippen LogP contribution in [0.2, 0.25) is 0 Å². The van der Waals surface area contributed by atoms with Gasteiger partial charge in [-0.3, -0.25) is 4.98 Å². The molecule has 1 aromatic heterocycles. The molecular formula is C15H15Br2N. The smallest absolute Gasteiger partial charge is 0.0476 e. The van der Waals surface area contributed by atoms with Crippen LogP contribution in [0.5, 0.6) is 0 Å². The second-order valence-corrected chi connectivity index (χ2v) is 6.41. The molecule has 0 spiro atoms. The van der Waals surface area contributed by atoms with Gasteiger partial charge in [0.2, 0.25) is 0 Å². The van der Waals surface area contributed by atoms with Crippen LogP contribution < -0.4 is 0 Å². The van der Waals surface area contributed by atoms with E-state index in [0.717, 1.165) is 10.2 Å². The van der Waals surface area contributed by atoms with E-state index in [9.17, 15) is 0 Å². The number of pyridine rings is 1. The Kier molecular flexibility index (Phi) is 4.57. The van der Waals surface area contributed by atoms with Crippen LogP contribution >= 0.6 is 31.9 Å². The summed E-state index contributed by atoms with van der Waals surface area (Å²) in [7, 11) is 0.